The molecule has 0 aliphatic rings. The summed E-state index contributed by atoms with van der Waals surface area (Å²) >= 11 is 7.80. The number of rotatable bonds is 5. The molecule has 6 heteroatoms. The third kappa shape index (κ3) is 3.81. The topological polar surface area (TPSA) is 38.1 Å². The standard InChI is InChI=1S/C17H16ClN3OS/c1-20(12-15-6-4-8-23-15)17(22)14-9-19-21(11-14)10-13-5-2-3-7-16(13)18/h2-9,11H,10,12H2,1H3. The average Bonchev–Trinajstić information content (AvgIpc) is 3.20. The lowest BCUT2D eigenvalue weighted by Gasteiger charge is -2.14. The van der Waals surface area contributed by atoms with Gasteiger partial charge in [0.25, 0.3) is 5.91 Å². The summed E-state index contributed by atoms with van der Waals surface area (Å²) in [5.74, 6) is -0.0381. The van der Waals surface area contributed by atoms with Crippen LogP contribution >= 0.6 is 22.9 Å². The monoisotopic (exact) mass is 345 g/mol. The Morgan fingerprint density at radius 1 is 1.30 bits per heavy atom. The Labute approximate surface area is 143 Å². The lowest BCUT2D eigenvalue weighted by atomic mass is 10.2. The van der Waals surface area contributed by atoms with Gasteiger partial charge >= 0.3 is 0 Å². The number of halogens is 1. The number of benzene rings is 1. The zero-order chi connectivity index (χ0) is 16.2. The Hall–Kier alpha value is -2.11. The van der Waals surface area contributed by atoms with Crippen LogP contribution in [0.3, 0.4) is 0 Å². The molecule has 0 N–H and O–H groups in total. The molecule has 3 rings (SSSR count). The van der Waals surface area contributed by atoms with Crippen LogP contribution in [0, 0.1) is 0 Å². The Morgan fingerprint density at radius 3 is 2.87 bits per heavy atom. The highest BCUT2D eigenvalue weighted by Crippen LogP contribution is 2.17. The summed E-state index contributed by atoms with van der Waals surface area (Å²) in [6, 6.07) is 11.6. The van der Waals surface area contributed by atoms with Crippen molar-refractivity contribution < 1.29 is 4.79 Å². The number of aromatic nitrogens is 2. The Morgan fingerprint density at radius 2 is 2.13 bits per heavy atom. The molecule has 0 unspecified atom stereocenters. The van der Waals surface area contributed by atoms with E-state index in [1.807, 2.05) is 41.8 Å². The largest absolute Gasteiger partial charge is 0.336 e. The summed E-state index contributed by atoms with van der Waals surface area (Å²) in [4.78, 5) is 15.3. The molecule has 23 heavy (non-hydrogen) atoms. The van der Waals surface area contributed by atoms with E-state index in [9.17, 15) is 4.79 Å². The van der Waals surface area contributed by atoms with Crippen molar-refractivity contribution in [3.8, 4) is 0 Å². The van der Waals surface area contributed by atoms with Crippen molar-refractivity contribution in [2.45, 2.75) is 13.1 Å². The van der Waals surface area contributed by atoms with Crippen LogP contribution in [0.5, 0.6) is 0 Å². The zero-order valence-electron chi connectivity index (χ0n) is 12.6. The minimum absolute atomic E-state index is 0.0381. The van der Waals surface area contributed by atoms with Gasteiger partial charge in [-0.25, -0.2) is 0 Å². The van der Waals surface area contributed by atoms with Gasteiger partial charge in [0.05, 0.1) is 24.8 Å². The molecule has 0 saturated heterocycles. The molecule has 2 aromatic heterocycles. The van der Waals surface area contributed by atoms with Crippen molar-refractivity contribution in [2.24, 2.45) is 0 Å². The fraction of sp³-hybridized carbons (Fsp3) is 0.176. The van der Waals surface area contributed by atoms with E-state index in [-0.39, 0.29) is 5.91 Å². The van der Waals surface area contributed by atoms with E-state index in [2.05, 4.69) is 5.10 Å². The summed E-state index contributed by atoms with van der Waals surface area (Å²) in [6.07, 6.45) is 3.36. The zero-order valence-corrected chi connectivity index (χ0v) is 14.2. The fourth-order valence-corrected chi connectivity index (χ4v) is 3.24. The first kappa shape index (κ1) is 15.8. The number of carbonyl (C=O) groups is 1. The number of hydrogen-bond acceptors (Lipinski definition) is 3. The quantitative estimate of drug-likeness (QED) is 0.703. The maximum atomic E-state index is 12.5. The van der Waals surface area contributed by atoms with Gasteiger partial charge in [0.1, 0.15) is 0 Å². The molecule has 118 valence electrons. The second-order valence-electron chi connectivity index (χ2n) is 5.26. The van der Waals surface area contributed by atoms with Crippen LogP contribution in [-0.4, -0.2) is 27.6 Å². The molecule has 0 atom stereocenters. The van der Waals surface area contributed by atoms with Crippen molar-refractivity contribution in [1.82, 2.24) is 14.7 Å². The highest BCUT2D eigenvalue weighted by Gasteiger charge is 2.15. The van der Waals surface area contributed by atoms with Crippen molar-refractivity contribution in [2.75, 3.05) is 7.05 Å². The number of thiophene rings is 1. The van der Waals surface area contributed by atoms with Crippen molar-refractivity contribution >= 4 is 28.8 Å². The first-order valence-electron chi connectivity index (χ1n) is 7.17. The van der Waals surface area contributed by atoms with Gasteiger partial charge in [-0.15, -0.1) is 11.3 Å². The lowest BCUT2D eigenvalue weighted by Crippen LogP contribution is -2.25. The van der Waals surface area contributed by atoms with Gasteiger partial charge in [-0.05, 0) is 23.1 Å². The van der Waals surface area contributed by atoms with Gasteiger partial charge in [0, 0.05) is 23.1 Å². The summed E-state index contributed by atoms with van der Waals surface area (Å²) in [5.41, 5.74) is 1.55. The van der Waals surface area contributed by atoms with Crippen molar-refractivity contribution in [3.05, 3.63) is 75.2 Å². The van der Waals surface area contributed by atoms with E-state index in [1.165, 1.54) is 0 Å². The maximum Gasteiger partial charge on any atom is 0.257 e. The number of amides is 1. The molecule has 0 aliphatic heterocycles. The van der Waals surface area contributed by atoms with E-state index in [1.54, 1.807) is 40.4 Å². The molecule has 0 spiro atoms. The molecule has 1 amide bonds. The molecular formula is C17H16ClN3OS. The Balaban J connectivity index is 1.68. The molecule has 3 aromatic rings. The van der Waals surface area contributed by atoms with Crippen molar-refractivity contribution in [3.63, 3.8) is 0 Å². The van der Waals surface area contributed by atoms with Crippen LogP contribution in [-0.2, 0) is 13.1 Å². The predicted molar refractivity (Wildman–Crippen MR) is 92.9 cm³/mol. The highest BCUT2D eigenvalue weighted by molar-refractivity contribution is 7.09. The van der Waals surface area contributed by atoms with Gasteiger partial charge in [-0.1, -0.05) is 35.9 Å². The summed E-state index contributed by atoms with van der Waals surface area (Å²) in [7, 11) is 1.80. The maximum absolute atomic E-state index is 12.5. The molecular weight excluding hydrogens is 330 g/mol. The third-order valence-electron chi connectivity index (χ3n) is 3.49. The number of hydrogen-bond donors (Lipinski definition) is 0. The van der Waals surface area contributed by atoms with E-state index < -0.39 is 0 Å². The predicted octanol–water partition coefficient (Wildman–Crippen LogP) is 3.92. The molecule has 2 heterocycles. The summed E-state index contributed by atoms with van der Waals surface area (Å²) < 4.78 is 1.73. The minimum atomic E-state index is -0.0381. The fourth-order valence-electron chi connectivity index (χ4n) is 2.29. The third-order valence-corrected chi connectivity index (χ3v) is 4.72. The normalized spacial score (nSPS) is 10.7. The molecule has 0 radical (unpaired) electrons. The molecule has 0 bridgehead atoms. The van der Waals surface area contributed by atoms with E-state index in [0.717, 1.165) is 10.4 Å². The number of nitrogens with zero attached hydrogens (tertiary/aromatic N) is 3. The summed E-state index contributed by atoms with van der Waals surface area (Å²) in [5, 5.41) is 6.98. The van der Waals surface area contributed by atoms with Crippen LogP contribution < -0.4 is 0 Å². The van der Waals surface area contributed by atoms with Gasteiger partial charge < -0.3 is 4.90 Å². The van der Waals surface area contributed by atoms with Crippen molar-refractivity contribution in [1.29, 1.82) is 0 Å². The van der Waals surface area contributed by atoms with E-state index in [4.69, 9.17) is 11.6 Å². The SMILES string of the molecule is CN(Cc1cccs1)C(=O)c1cnn(Cc2ccccc2Cl)c1. The second-order valence-corrected chi connectivity index (χ2v) is 6.70. The van der Waals surface area contributed by atoms with E-state index in [0.29, 0.717) is 23.7 Å². The van der Waals surface area contributed by atoms with Gasteiger partial charge in [0.15, 0.2) is 0 Å². The average molecular weight is 346 g/mol. The Bertz CT molecular complexity index is 798. The highest BCUT2D eigenvalue weighted by atomic mass is 35.5. The van der Waals surface area contributed by atoms with E-state index >= 15 is 0 Å². The van der Waals surface area contributed by atoms with Gasteiger partial charge in [-0.3, -0.25) is 9.48 Å². The summed E-state index contributed by atoms with van der Waals surface area (Å²) in [6.45, 7) is 1.15. The molecule has 0 aliphatic carbocycles. The molecule has 4 nitrogen and oxygen atoms in total. The minimum Gasteiger partial charge on any atom is -0.336 e. The molecule has 0 saturated carbocycles. The Kier molecular flexibility index (Phi) is 4.79. The molecule has 1 aromatic carbocycles. The first-order valence-corrected chi connectivity index (χ1v) is 8.43. The number of carbonyl (C=O) groups excluding carboxylic acids is 1. The van der Waals surface area contributed by atoms with Crippen LogP contribution in [0.1, 0.15) is 20.8 Å². The van der Waals surface area contributed by atoms with Crippen LogP contribution in [0.2, 0.25) is 5.02 Å². The smallest absolute Gasteiger partial charge is 0.257 e. The van der Waals surface area contributed by atoms with Crippen LogP contribution in [0.15, 0.2) is 54.2 Å². The molecule has 0 fully saturated rings. The van der Waals surface area contributed by atoms with Crippen LogP contribution in [0.25, 0.3) is 0 Å². The van der Waals surface area contributed by atoms with Gasteiger partial charge in [-0.2, -0.15) is 5.10 Å². The van der Waals surface area contributed by atoms with Crippen LogP contribution in [0.4, 0.5) is 0 Å². The van der Waals surface area contributed by atoms with Gasteiger partial charge in [0.2, 0.25) is 0 Å². The second kappa shape index (κ2) is 6.98. The first-order chi connectivity index (χ1) is 11.1. The lowest BCUT2D eigenvalue weighted by molar-refractivity contribution is 0.0786.